The van der Waals surface area contributed by atoms with Crippen LogP contribution in [-0.4, -0.2) is 5.11 Å². The molecule has 1 nitrogen and oxygen atoms in total. The molecule has 0 saturated carbocycles. The Morgan fingerprint density at radius 2 is 1.33 bits per heavy atom. The molecule has 0 heterocycles. The summed E-state index contributed by atoms with van der Waals surface area (Å²) in [5, 5.41) is 9.67. The van der Waals surface area contributed by atoms with Crippen molar-refractivity contribution in [1.82, 2.24) is 0 Å². The van der Waals surface area contributed by atoms with Crippen LogP contribution >= 0.6 is 0 Å². The Bertz CT molecular complexity index is 891. The van der Waals surface area contributed by atoms with E-state index in [9.17, 15) is 9.50 Å². The van der Waals surface area contributed by atoms with Gasteiger partial charge in [0.05, 0.1) is 0 Å². The topological polar surface area (TPSA) is 20.2 Å². The number of phenolic OH excluding ortho intramolecular Hbond substituents is 1. The molecule has 2 heteroatoms. The van der Waals surface area contributed by atoms with Gasteiger partial charge in [-0.3, -0.25) is 0 Å². The monoisotopic (exact) mass is 316 g/mol. The first-order valence-corrected chi connectivity index (χ1v) is 8.10. The predicted molar refractivity (Wildman–Crippen MR) is 95.3 cm³/mol. The van der Waals surface area contributed by atoms with Gasteiger partial charge in [-0.1, -0.05) is 60.7 Å². The lowest BCUT2D eigenvalue weighted by Crippen LogP contribution is -1.93. The van der Waals surface area contributed by atoms with Crippen molar-refractivity contribution in [3.8, 4) is 5.75 Å². The Morgan fingerprint density at radius 1 is 0.750 bits per heavy atom. The summed E-state index contributed by atoms with van der Waals surface area (Å²) < 4.78 is 14.3. The van der Waals surface area contributed by atoms with Crippen LogP contribution in [0.1, 0.15) is 27.8 Å². The van der Waals surface area contributed by atoms with Crippen LogP contribution in [0.3, 0.4) is 0 Å². The van der Waals surface area contributed by atoms with Crippen LogP contribution in [0.5, 0.6) is 5.75 Å². The van der Waals surface area contributed by atoms with Crippen LogP contribution in [0, 0.1) is 5.82 Å². The van der Waals surface area contributed by atoms with E-state index < -0.39 is 5.82 Å². The molecule has 3 aromatic carbocycles. The maximum Gasteiger partial charge on any atom is 0.172 e. The van der Waals surface area contributed by atoms with E-state index in [0.29, 0.717) is 5.56 Å². The molecule has 0 amide bonds. The quantitative estimate of drug-likeness (QED) is 0.652. The average Bonchev–Trinajstić information content (AvgIpc) is 2.77. The summed E-state index contributed by atoms with van der Waals surface area (Å²) in [5.41, 5.74) is 6.19. The second kappa shape index (κ2) is 5.97. The van der Waals surface area contributed by atoms with Crippen molar-refractivity contribution in [2.75, 3.05) is 0 Å². The highest BCUT2D eigenvalue weighted by Crippen LogP contribution is 2.35. The fraction of sp³-hybridized carbons (Fsp3) is 0.0909. The molecule has 0 bridgehead atoms. The second-order valence-electron chi connectivity index (χ2n) is 6.05. The average molecular weight is 316 g/mol. The zero-order chi connectivity index (χ0) is 16.5. The highest BCUT2D eigenvalue weighted by molar-refractivity contribution is 5.94. The van der Waals surface area contributed by atoms with Crippen molar-refractivity contribution in [1.29, 1.82) is 0 Å². The minimum absolute atomic E-state index is 0.320. The molecule has 1 N–H and O–H groups in total. The molecule has 24 heavy (non-hydrogen) atoms. The largest absolute Gasteiger partial charge is 0.505 e. The minimum atomic E-state index is -0.579. The fourth-order valence-corrected chi connectivity index (χ4v) is 3.38. The highest BCUT2D eigenvalue weighted by Gasteiger charge is 2.18. The number of aromatic hydroxyl groups is 1. The van der Waals surface area contributed by atoms with Crippen LogP contribution in [-0.2, 0) is 12.8 Å². The SMILES string of the molecule is Oc1cccc(C=C2c3ccccc3CCc3ccccc32)c1F. The van der Waals surface area contributed by atoms with Gasteiger partial charge in [0.15, 0.2) is 11.6 Å². The summed E-state index contributed by atoms with van der Waals surface area (Å²) >= 11 is 0. The van der Waals surface area contributed by atoms with Gasteiger partial charge in [0.1, 0.15) is 0 Å². The number of hydrogen-bond acceptors (Lipinski definition) is 1. The van der Waals surface area contributed by atoms with E-state index in [1.807, 2.05) is 30.3 Å². The van der Waals surface area contributed by atoms with Crippen molar-refractivity contribution in [2.24, 2.45) is 0 Å². The first-order valence-electron chi connectivity index (χ1n) is 8.10. The molecule has 1 aliphatic rings. The van der Waals surface area contributed by atoms with E-state index in [-0.39, 0.29) is 5.75 Å². The van der Waals surface area contributed by atoms with Crippen LogP contribution in [0.4, 0.5) is 4.39 Å². The standard InChI is InChI=1S/C22H17FO/c23-22-17(8-5-11-21(22)24)14-20-18-9-3-1-6-15(18)12-13-16-7-2-4-10-19(16)20/h1-11,14,24H,12-13H2. The Hall–Kier alpha value is -2.87. The van der Waals surface area contributed by atoms with Crippen LogP contribution in [0.2, 0.25) is 0 Å². The van der Waals surface area contributed by atoms with Gasteiger partial charge < -0.3 is 5.11 Å². The molecule has 0 saturated heterocycles. The molecule has 0 aliphatic heterocycles. The maximum atomic E-state index is 14.3. The molecule has 1 aliphatic carbocycles. The third-order valence-corrected chi connectivity index (χ3v) is 4.59. The van der Waals surface area contributed by atoms with E-state index in [4.69, 9.17) is 0 Å². The molecule has 0 aromatic heterocycles. The van der Waals surface area contributed by atoms with Gasteiger partial charge in [0.25, 0.3) is 0 Å². The molecule has 118 valence electrons. The Labute approximate surface area is 140 Å². The van der Waals surface area contributed by atoms with Crippen molar-refractivity contribution in [3.63, 3.8) is 0 Å². The molecule has 0 unspecified atom stereocenters. The van der Waals surface area contributed by atoms with Gasteiger partial charge in [-0.05, 0) is 52.8 Å². The molecule has 3 aromatic rings. The smallest absolute Gasteiger partial charge is 0.172 e. The third-order valence-electron chi connectivity index (χ3n) is 4.59. The van der Waals surface area contributed by atoms with Gasteiger partial charge in [-0.15, -0.1) is 0 Å². The Balaban J connectivity index is 1.99. The number of hydrogen-bond donors (Lipinski definition) is 1. The first kappa shape index (κ1) is 14.7. The van der Waals surface area contributed by atoms with Crippen LogP contribution < -0.4 is 0 Å². The van der Waals surface area contributed by atoms with Crippen molar-refractivity contribution in [3.05, 3.63) is 100 Å². The van der Waals surface area contributed by atoms with E-state index in [2.05, 4.69) is 24.3 Å². The molecular formula is C22H17FO. The summed E-state index contributed by atoms with van der Waals surface area (Å²) in [4.78, 5) is 0. The lowest BCUT2D eigenvalue weighted by atomic mass is 9.92. The third kappa shape index (κ3) is 2.50. The van der Waals surface area contributed by atoms with Crippen molar-refractivity contribution >= 4 is 11.6 Å². The highest BCUT2D eigenvalue weighted by atomic mass is 19.1. The Kier molecular flexibility index (Phi) is 3.66. The predicted octanol–water partition coefficient (Wildman–Crippen LogP) is 5.22. The maximum absolute atomic E-state index is 14.3. The van der Waals surface area contributed by atoms with E-state index in [1.54, 1.807) is 12.1 Å². The minimum Gasteiger partial charge on any atom is -0.505 e. The normalized spacial score (nSPS) is 13.0. The summed E-state index contributed by atoms with van der Waals surface area (Å²) in [6.07, 6.45) is 3.78. The lowest BCUT2D eigenvalue weighted by Gasteiger charge is -2.12. The second-order valence-corrected chi connectivity index (χ2v) is 6.05. The number of phenols is 1. The van der Waals surface area contributed by atoms with Gasteiger partial charge in [-0.25, -0.2) is 4.39 Å². The summed E-state index contributed by atoms with van der Waals surface area (Å²) in [7, 11) is 0. The van der Waals surface area contributed by atoms with E-state index in [0.717, 1.165) is 29.5 Å². The number of fused-ring (bicyclic) bond motifs is 2. The number of halogens is 1. The van der Waals surface area contributed by atoms with Gasteiger partial charge >= 0.3 is 0 Å². The number of benzene rings is 3. The van der Waals surface area contributed by atoms with Gasteiger partial charge in [0.2, 0.25) is 0 Å². The van der Waals surface area contributed by atoms with Crippen LogP contribution in [0.15, 0.2) is 66.7 Å². The lowest BCUT2D eigenvalue weighted by molar-refractivity contribution is 0.432. The molecule has 0 radical (unpaired) electrons. The zero-order valence-corrected chi connectivity index (χ0v) is 13.2. The molecule has 0 atom stereocenters. The van der Waals surface area contributed by atoms with Crippen molar-refractivity contribution in [2.45, 2.75) is 12.8 Å². The molecule has 0 spiro atoms. The number of aryl methyl sites for hydroxylation is 2. The fourth-order valence-electron chi connectivity index (χ4n) is 3.38. The molecule has 4 rings (SSSR count). The van der Waals surface area contributed by atoms with E-state index in [1.165, 1.54) is 17.2 Å². The van der Waals surface area contributed by atoms with Crippen molar-refractivity contribution < 1.29 is 9.50 Å². The van der Waals surface area contributed by atoms with Gasteiger partial charge in [-0.2, -0.15) is 0 Å². The molecule has 0 fully saturated rings. The zero-order valence-electron chi connectivity index (χ0n) is 13.2. The summed E-state index contributed by atoms with van der Waals surface area (Å²) in [6, 6.07) is 21.3. The van der Waals surface area contributed by atoms with E-state index >= 15 is 0 Å². The Morgan fingerprint density at radius 3 is 1.96 bits per heavy atom. The first-order chi connectivity index (χ1) is 11.7. The summed E-state index contributed by atoms with van der Waals surface area (Å²) in [6.45, 7) is 0. The van der Waals surface area contributed by atoms with Crippen LogP contribution in [0.25, 0.3) is 11.6 Å². The number of rotatable bonds is 1. The summed E-state index contributed by atoms with van der Waals surface area (Å²) in [5.74, 6) is -0.899. The molecular weight excluding hydrogens is 299 g/mol. The van der Waals surface area contributed by atoms with Gasteiger partial charge in [0, 0.05) is 5.56 Å².